The van der Waals surface area contributed by atoms with E-state index in [1.165, 1.54) is 19.3 Å². The Bertz CT molecular complexity index is 291. The van der Waals surface area contributed by atoms with Gasteiger partial charge in [0.05, 0.1) is 4.87 Å². The van der Waals surface area contributed by atoms with E-state index in [2.05, 4.69) is 19.2 Å². The molecule has 0 bridgehead atoms. The number of thioether (sulfide) groups is 1. The molecule has 17 heavy (non-hydrogen) atoms. The molecular formula is C13H23NO2S. The van der Waals surface area contributed by atoms with E-state index in [-0.39, 0.29) is 10.9 Å². The first-order valence-corrected chi connectivity index (χ1v) is 7.68. The van der Waals surface area contributed by atoms with Crippen LogP contribution in [0, 0.1) is 11.8 Å². The topological polar surface area (TPSA) is 49.3 Å². The Morgan fingerprint density at radius 3 is 2.82 bits per heavy atom. The molecule has 0 aromatic carbocycles. The molecule has 0 aromatic rings. The molecule has 3 unspecified atom stereocenters. The van der Waals surface area contributed by atoms with Crippen LogP contribution in [0.15, 0.2) is 0 Å². The van der Waals surface area contributed by atoms with E-state index in [1.807, 2.05) is 11.8 Å². The van der Waals surface area contributed by atoms with Gasteiger partial charge in [-0.2, -0.15) is 0 Å². The average Bonchev–Trinajstić information content (AvgIpc) is 2.29. The smallest absolute Gasteiger partial charge is 0.320 e. The third-order valence-electron chi connectivity index (χ3n) is 4.20. The quantitative estimate of drug-likeness (QED) is 0.798. The third kappa shape index (κ3) is 2.63. The molecule has 4 heteroatoms. The molecule has 1 saturated carbocycles. The number of hydrogen-bond acceptors (Lipinski definition) is 3. The molecule has 98 valence electrons. The van der Waals surface area contributed by atoms with E-state index in [0.717, 1.165) is 18.6 Å². The largest absolute Gasteiger partial charge is 0.480 e. The van der Waals surface area contributed by atoms with Crippen LogP contribution >= 0.6 is 11.8 Å². The van der Waals surface area contributed by atoms with Crippen molar-refractivity contribution in [2.75, 3.05) is 5.75 Å². The van der Waals surface area contributed by atoms with Crippen molar-refractivity contribution in [1.82, 2.24) is 5.32 Å². The molecule has 1 aliphatic heterocycles. The predicted molar refractivity (Wildman–Crippen MR) is 71.2 cm³/mol. The lowest BCUT2D eigenvalue weighted by Gasteiger charge is -2.50. The monoisotopic (exact) mass is 257 g/mol. The average molecular weight is 257 g/mol. The first-order chi connectivity index (χ1) is 8.05. The lowest BCUT2D eigenvalue weighted by atomic mass is 9.76. The van der Waals surface area contributed by atoms with Crippen LogP contribution in [0.25, 0.3) is 0 Å². The molecule has 0 radical (unpaired) electrons. The summed E-state index contributed by atoms with van der Waals surface area (Å²) in [5, 5.41) is 12.7. The van der Waals surface area contributed by atoms with Gasteiger partial charge in [-0.25, -0.2) is 0 Å². The molecule has 1 saturated heterocycles. The number of carbonyl (C=O) groups is 1. The van der Waals surface area contributed by atoms with Gasteiger partial charge in [-0.05, 0) is 36.9 Å². The maximum Gasteiger partial charge on any atom is 0.320 e. The van der Waals surface area contributed by atoms with Crippen LogP contribution in [0.2, 0.25) is 0 Å². The summed E-state index contributed by atoms with van der Waals surface area (Å²) < 4.78 is 0. The lowest BCUT2D eigenvalue weighted by Crippen LogP contribution is -2.60. The van der Waals surface area contributed by atoms with Crippen molar-refractivity contribution in [3.8, 4) is 0 Å². The highest BCUT2D eigenvalue weighted by Gasteiger charge is 2.46. The van der Waals surface area contributed by atoms with Crippen molar-refractivity contribution < 1.29 is 9.90 Å². The van der Waals surface area contributed by atoms with Crippen LogP contribution < -0.4 is 5.32 Å². The Hall–Kier alpha value is -0.220. The van der Waals surface area contributed by atoms with Crippen LogP contribution in [-0.2, 0) is 4.79 Å². The Kier molecular flexibility index (Phi) is 4.03. The molecule has 1 heterocycles. The van der Waals surface area contributed by atoms with Gasteiger partial charge in [0.2, 0.25) is 0 Å². The Balaban J connectivity index is 2.16. The van der Waals surface area contributed by atoms with Gasteiger partial charge < -0.3 is 5.11 Å². The summed E-state index contributed by atoms with van der Waals surface area (Å²) in [6.07, 6.45) is 5.65. The van der Waals surface area contributed by atoms with E-state index >= 15 is 0 Å². The second kappa shape index (κ2) is 5.19. The molecule has 2 rings (SSSR count). The maximum atomic E-state index is 11.2. The maximum absolute atomic E-state index is 11.2. The van der Waals surface area contributed by atoms with E-state index in [4.69, 9.17) is 0 Å². The van der Waals surface area contributed by atoms with Gasteiger partial charge in [0.15, 0.2) is 0 Å². The van der Waals surface area contributed by atoms with Crippen LogP contribution in [-0.4, -0.2) is 27.7 Å². The van der Waals surface area contributed by atoms with Crippen LogP contribution in [0.3, 0.4) is 0 Å². The standard InChI is InChI=1S/C13H23NO2S/c1-9(2)10-5-3-4-7-13(10)14-11(12(15)16)6-8-17-13/h9-11,14H,3-8H2,1-2H3,(H,15,16). The van der Waals surface area contributed by atoms with Crippen molar-refractivity contribution >= 4 is 17.7 Å². The van der Waals surface area contributed by atoms with Crippen molar-refractivity contribution in [3.05, 3.63) is 0 Å². The molecule has 0 aromatic heterocycles. The summed E-state index contributed by atoms with van der Waals surface area (Å²) in [5.41, 5.74) is 0. The minimum absolute atomic E-state index is 0.0354. The summed E-state index contributed by atoms with van der Waals surface area (Å²) in [5.74, 6) is 1.54. The molecule has 2 N–H and O–H groups in total. The number of carboxylic acids is 1. The molecular weight excluding hydrogens is 234 g/mol. The zero-order valence-electron chi connectivity index (χ0n) is 10.7. The van der Waals surface area contributed by atoms with Crippen molar-refractivity contribution in [2.45, 2.75) is 56.9 Å². The van der Waals surface area contributed by atoms with Crippen molar-refractivity contribution in [3.63, 3.8) is 0 Å². The number of carboxylic acid groups (broad SMARTS) is 1. The number of aliphatic carboxylic acids is 1. The molecule has 3 nitrogen and oxygen atoms in total. The number of hydrogen-bond donors (Lipinski definition) is 2. The fourth-order valence-corrected chi connectivity index (χ4v) is 5.19. The zero-order chi connectivity index (χ0) is 12.5. The van der Waals surface area contributed by atoms with Crippen molar-refractivity contribution in [2.24, 2.45) is 11.8 Å². The van der Waals surface area contributed by atoms with Gasteiger partial charge in [-0.1, -0.05) is 26.7 Å². The summed E-state index contributed by atoms with van der Waals surface area (Å²) in [6.45, 7) is 4.54. The minimum atomic E-state index is -0.683. The summed E-state index contributed by atoms with van der Waals surface area (Å²) in [6, 6.07) is -0.337. The van der Waals surface area contributed by atoms with Gasteiger partial charge in [0, 0.05) is 0 Å². The lowest BCUT2D eigenvalue weighted by molar-refractivity contribution is -0.140. The third-order valence-corrected chi connectivity index (χ3v) is 5.78. The molecule has 1 spiro atoms. The molecule has 2 fully saturated rings. The first kappa shape index (κ1) is 13.2. The SMILES string of the molecule is CC(C)C1CCCCC12NC(C(=O)O)CCS2. The summed E-state index contributed by atoms with van der Waals surface area (Å²) >= 11 is 1.97. The molecule has 1 aliphatic carbocycles. The zero-order valence-corrected chi connectivity index (χ0v) is 11.6. The van der Waals surface area contributed by atoms with E-state index in [0.29, 0.717) is 11.8 Å². The van der Waals surface area contributed by atoms with Crippen LogP contribution in [0.1, 0.15) is 46.0 Å². The Morgan fingerprint density at radius 1 is 1.41 bits per heavy atom. The van der Waals surface area contributed by atoms with Crippen LogP contribution in [0.5, 0.6) is 0 Å². The predicted octanol–water partition coefficient (Wildman–Crippen LogP) is 2.71. The normalized spacial score (nSPS) is 38.5. The van der Waals surface area contributed by atoms with Crippen molar-refractivity contribution in [1.29, 1.82) is 0 Å². The molecule has 3 atom stereocenters. The highest BCUT2D eigenvalue weighted by atomic mass is 32.2. The summed E-state index contributed by atoms with van der Waals surface area (Å²) in [7, 11) is 0. The molecule has 0 amide bonds. The number of rotatable bonds is 2. The van der Waals surface area contributed by atoms with Gasteiger partial charge in [0.1, 0.15) is 6.04 Å². The Labute approximate surface area is 108 Å². The minimum Gasteiger partial charge on any atom is -0.480 e. The van der Waals surface area contributed by atoms with Gasteiger partial charge in [-0.15, -0.1) is 11.8 Å². The van der Waals surface area contributed by atoms with Gasteiger partial charge in [-0.3, -0.25) is 10.1 Å². The second-order valence-corrected chi connectivity index (χ2v) is 7.08. The van der Waals surface area contributed by atoms with E-state index < -0.39 is 5.97 Å². The fraction of sp³-hybridized carbons (Fsp3) is 0.923. The summed E-state index contributed by atoms with van der Waals surface area (Å²) in [4.78, 5) is 11.2. The van der Waals surface area contributed by atoms with Gasteiger partial charge in [0.25, 0.3) is 0 Å². The first-order valence-electron chi connectivity index (χ1n) is 6.69. The highest BCUT2D eigenvalue weighted by Crippen LogP contribution is 2.47. The second-order valence-electron chi connectivity index (χ2n) is 5.66. The van der Waals surface area contributed by atoms with Gasteiger partial charge >= 0.3 is 5.97 Å². The molecule has 2 aliphatic rings. The number of nitrogens with one attached hydrogen (secondary N) is 1. The Morgan fingerprint density at radius 2 is 2.18 bits per heavy atom. The van der Waals surface area contributed by atoms with E-state index in [1.54, 1.807) is 0 Å². The van der Waals surface area contributed by atoms with Crippen LogP contribution in [0.4, 0.5) is 0 Å². The highest BCUT2D eigenvalue weighted by molar-refractivity contribution is 8.00. The fourth-order valence-electron chi connectivity index (χ4n) is 3.35. The van der Waals surface area contributed by atoms with E-state index in [9.17, 15) is 9.90 Å².